The second-order valence-electron chi connectivity index (χ2n) is 16.5. The highest BCUT2D eigenvalue weighted by atomic mass is 19.4. The quantitative estimate of drug-likeness (QED) is 0.0899. The van der Waals surface area contributed by atoms with Crippen molar-refractivity contribution < 1.29 is 35.9 Å². The van der Waals surface area contributed by atoms with Crippen molar-refractivity contribution in [3.63, 3.8) is 0 Å². The van der Waals surface area contributed by atoms with Crippen LogP contribution in [0.15, 0.2) is 105 Å². The van der Waals surface area contributed by atoms with Crippen molar-refractivity contribution in [2.24, 2.45) is 15.9 Å². The van der Waals surface area contributed by atoms with Crippen molar-refractivity contribution in [3.05, 3.63) is 130 Å². The van der Waals surface area contributed by atoms with Crippen molar-refractivity contribution in [2.75, 3.05) is 19.8 Å². The van der Waals surface area contributed by atoms with E-state index in [4.69, 9.17) is 24.0 Å². The van der Waals surface area contributed by atoms with Gasteiger partial charge in [-0.25, -0.2) is 13.8 Å². The van der Waals surface area contributed by atoms with Crippen LogP contribution in [0.2, 0.25) is 0 Å². The predicted octanol–water partition coefficient (Wildman–Crippen LogP) is 11.4. The van der Waals surface area contributed by atoms with Gasteiger partial charge in [0.25, 0.3) is 0 Å². The summed E-state index contributed by atoms with van der Waals surface area (Å²) in [5, 5.41) is 7.92. The third-order valence-corrected chi connectivity index (χ3v) is 12.4. The van der Waals surface area contributed by atoms with Gasteiger partial charge in [0, 0.05) is 48.5 Å². The molecule has 4 aromatic rings. The Kier molecular flexibility index (Phi) is 11.3. The number of nitrogens with one attached hydrogen (secondary N) is 1. The van der Waals surface area contributed by atoms with Crippen molar-refractivity contribution in [1.82, 2.24) is 10.5 Å². The number of rotatable bonds is 16. The Morgan fingerprint density at radius 2 is 1.73 bits per heavy atom. The van der Waals surface area contributed by atoms with Crippen LogP contribution in [-0.4, -0.2) is 54.3 Å². The molecule has 312 valence electrons. The molecule has 1 aromatic heterocycles. The minimum absolute atomic E-state index is 0.0733. The average Bonchev–Trinajstić information content (AvgIpc) is 4.08. The molecule has 12 heteroatoms. The zero-order valence-corrected chi connectivity index (χ0v) is 33.2. The molecule has 1 N–H and O–H groups in total. The van der Waals surface area contributed by atoms with E-state index < -0.39 is 29.8 Å². The third-order valence-electron chi connectivity index (χ3n) is 12.4. The van der Waals surface area contributed by atoms with Gasteiger partial charge in [0.1, 0.15) is 22.8 Å². The highest BCUT2D eigenvalue weighted by molar-refractivity contribution is 6.15. The first-order valence-corrected chi connectivity index (χ1v) is 21.1. The lowest BCUT2D eigenvalue weighted by Gasteiger charge is -2.27. The van der Waals surface area contributed by atoms with Gasteiger partial charge in [0.05, 0.1) is 36.2 Å². The molecule has 2 aliphatic carbocycles. The molecule has 60 heavy (non-hydrogen) atoms. The number of aliphatic imine (C=N–C) groups is 2. The topological polar surface area (TPSA) is 81.2 Å². The van der Waals surface area contributed by atoms with Gasteiger partial charge >= 0.3 is 6.18 Å². The summed E-state index contributed by atoms with van der Waals surface area (Å²) >= 11 is 0. The Morgan fingerprint density at radius 3 is 2.57 bits per heavy atom. The Hall–Kier alpha value is -5.36. The number of fused-ring (bicyclic) bond motifs is 1. The minimum atomic E-state index is -4.08. The largest absolute Gasteiger partial charge is 0.493 e. The molecule has 0 saturated carbocycles. The monoisotopic (exact) mass is 822 g/mol. The molecule has 4 unspecified atom stereocenters. The van der Waals surface area contributed by atoms with Crippen molar-refractivity contribution in [3.8, 4) is 17.0 Å². The first-order valence-electron chi connectivity index (χ1n) is 21.1. The van der Waals surface area contributed by atoms with Gasteiger partial charge in [-0.05, 0) is 90.9 Å². The third kappa shape index (κ3) is 8.23. The van der Waals surface area contributed by atoms with E-state index in [1.54, 1.807) is 0 Å². The number of halogens is 5. The number of benzene rings is 3. The molecule has 1 fully saturated rings. The number of hydrogen-bond acceptors (Lipinski definition) is 7. The number of hydrogen-bond donors (Lipinski definition) is 1. The summed E-state index contributed by atoms with van der Waals surface area (Å²) < 4.78 is 84.9. The average molecular weight is 823 g/mol. The van der Waals surface area contributed by atoms with Gasteiger partial charge in [-0.1, -0.05) is 73.7 Å². The fourth-order valence-electron chi connectivity index (χ4n) is 9.30. The molecular weight excluding hydrogens is 776 g/mol. The van der Waals surface area contributed by atoms with Gasteiger partial charge in [-0.3, -0.25) is 4.99 Å². The fraction of sp³-hybridized carbons (Fsp3) is 0.396. The normalized spacial score (nSPS) is 22.8. The number of amidine groups is 1. The second kappa shape index (κ2) is 17.0. The summed E-state index contributed by atoms with van der Waals surface area (Å²) in [7, 11) is 0. The van der Waals surface area contributed by atoms with Gasteiger partial charge in [-0.15, -0.1) is 0 Å². The Bertz CT molecular complexity index is 2390. The second-order valence-corrected chi connectivity index (χ2v) is 16.5. The van der Waals surface area contributed by atoms with Crippen LogP contribution in [0, 0.1) is 17.6 Å². The lowest BCUT2D eigenvalue weighted by Crippen LogP contribution is -2.37. The summed E-state index contributed by atoms with van der Waals surface area (Å²) in [6.45, 7) is 2.04. The van der Waals surface area contributed by atoms with Crippen LogP contribution < -0.4 is 10.1 Å². The van der Waals surface area contributed by atoms with Gasteiger partial charge in [-0.2, -0.15) is 13.2 Å². The van der Waals surface area contributed by atoms with E-state index in [-0.39, 0.29) is 29.8 Å². The zero-order chi connectivity index (χ0) is 41.3. The molecule has 0 radical (unpaired) electrons. The molecule has 0 bridgehead atoms. The summed E-state index contributed by atoms with van der Waals surface area (Å²) in [5.74, 6) is 0.00494. The van der Waals surface area contributed by atoms with E-state index in [0.29, 0.717) is 43.4 Å². The summed E-state index contributed by atoms with van der Waals surface area (Å²) in [5.41, 5.74) is 6.65. The van der Waals surface area contributed by atoms with Crippen molar-refractivity contribution in [1.29, 1.82) is 0 Å². The minimum Gasteiger partial charge on any atom is -0.493 e. The first-order chi connectivity index (χ1) is 29.1. The first kappa shape index (κ1) is 40.1. The molecule has 0 amide bonds. The zero-order valence-electron chi connectivity index (χ0n) is 33.2. The van der Waals surface area contributed by atoms with Crippen LogP contribution in [0.3, 0.4) is 0 Å². The smallest absolute Gasteiger partial charge is 0.389 e. The number of nitrogens with zero attached hydrogens (tertiary/aromatic N) is 3. The van der Waals surface area contributed by atoms with Crippen LogP contribution in [-0.2, 0) is 11.2 Å². The Balaban J connectivity index is 0.950. The summed E-state index contributed by atoms with van der Waals surface area (Å²) in [4.78, 5) is 10.3. The van der Waals surface area contributed by atoms with E-state index in [9.17, 15) is 17.6 Å². The number of alkyl halides is 3. The van der Waals surface area contributed by atoms with E-state index in [1.807, 2.05) is 48.6 Å². The van der Waals surface area contributed by atoms with E-state index in [1.165, 1.54) is 12.1 Å². The van der Waals surface area contributed by atoms with Crippen LogP contribution >= 0.6 is 0 Å². The molecule has 1 saturated heterocycles. The van der Waals surface area contributed by atoms with Crippen molar-refractivity contribution >= 4 is 23.2 Å². The van der Waals surface area contributed by atoms with Gasteiger partial charge in [0.2, 0.25) is 0 Å². The van der Waals surface area contributed by atoms with Crippen LogP contribution in [0.5, 0.6) is 5.75 Å². The number of unbranched alkanes of at least 4 members (excludes halogenated alkanes) is 6. The van der Waals surface area contributed by atoms with Crippen LogP contribution in [0.1, 0.15) is 98.1 Å². The number of ether oxygens (including phenoxy) is 2. The highest BCUT2D eigenvalue weighted by Crippen LogP contribution is 2.52. The number of aryl methyl sites for hydroxylation is 1. The van der Waals surface area contributed by atoms with Crippen LogP contribution in [0.4, 0.5) is 22.0 Å². The molecular formula is C48H47F5N4O3. The Morgan fingerprint density at radius 1 is 0.900 bits per heavy atom. The molecule has 5 aliphatic rings. The van der Waals surface area contributed by atoms with Gasteiger partial charge in [0.15, 0.2) is 17.4 Å². The molecule has 7 nitrogen and oxygen atoms in total. The van der Waals surface area contributed by atoms with E-state index in [0.717, 1.165) is 103 Å². The highest BCUT2D eigenvalue weighted by Gasteiger charge is 2.53. The molecule has 4 heterocycles. The Labute approximate surface area is 346 Å². The molecule has 1 spiro atoms. The number of allylic oxidation sites excluding steroid dienone is 2. The van der Waals surface area contributed by atoms with Crippen molar-refractivity contribution in [2.45, 2.75) is 94.3 Å². The fourth-order valence-corrected chi connectivity index (χ4v) is 9.30. The lowest BCUT2D eigenvalue weighted by molar-refractivity contribution is -0.135. The van der Waals surface area contributed by atoms with Gasteiger partial charge < -0.3 is 19.3 Å². The lowest BCUT2D eigenvalue weighted by atomic mass is 9.79. The standard InChI is InChI=1S/C48H47F5N4O3/c49-38-16-10-15-36(45(38)50)46-55-43-18-11-17-42-47(43,56-46)27-40(54-42)44-35-14-8-7-13-32(35)25-37(44)41-26-39(57-60-41)34-20-19-33(59-29-30-21-23-58-28-30)24-31(34)12-6-4-2-1-3-5-9-22-48(51,52)53/h7-8,10-11,13-20,24-26,30,40,44H,1-6,9,12,21-23,27-29H2,(H,55,56). The maximum Gasteiger partial charge on any atom is 0.389 e. The van der Waals surface area contributed by atoms with E-state index >= 15 is 4.39 Å². The molecule has 4 atom stereocenters. The molecule has 3 aliphatic heterocycles. The maximum absolute atomic E-state index is 15.0. The predicted molar refractivity (Wildman–Crippen MR) is 222 cm³/mol. The summed E-state index contributed by atoms with van der Waals surface area (Å²) in [6, 6.07) is 20.2. The molecule has 3 aromatic carbocycles. The maximum atomic E-state index is 15.0. The van der Waals surface area contributed by atoms with E-state index in [2.05, 4.69) is 34.7 Å². The number of aromatic nitrogens is 1. The van der Waals surface area contributed by atoms with Crippen LogP contribution in [0.25, 0.3) is 22.9 Å². The molecule has 9 rings (SSSR count). The SMILES string of the molecule is Fc1cccc(C2=NC34CC(C5C(c6cc(-c7ccc(OCC8CCOC8)cc7CCCCCCCCCC(F)(F)F)no6)=Cc6ccccc65)N=C3C=CC=C4N2)c1F. The summed E-state index contributed by atoms with van der Waals surface area (Å²) in [6.07, 6.45) is 10.8.